The molecule has 0 atom stereocenters. The summed E-state index contributed by atoms with van der Waals surface area (Å²) in [5.41, 5.74) is 4.83. The maximum absolute atomic E-state index is 12.7. The first-order valence-electron chi connectivity index (χ1n) is 10.1. The van der Waals surface area contributed by atoms with Crippen molar-refractivity contribution in [1.82, 2.24) is 14.8 Å². The Hall–Kier alpha value is -4.17. The standard InChI is InChI=1S/C26H22N4O/c1-19(2)30-25(15-17-28-30)21-10-13-24(14-11-21)29-26(31)22-7-5-6-20(18-22)9-12-23-8-3-4-16-27-23/h3-8,10-11,13-19H,1-2H3,(H,29,31). The number of benzene rings is 2. The van der Waals surface area contributed by atoms with Crippen LogP contribution in [0.5, 0.6) is 0 Å². The summed E-state index contributed by atoms with van der Waals surface area (Å²) in [7, 11) is 0. The Morgan fingerprint density at radius 3 is 2.52 bits per heavy atom. The molecule has 4 aromatic rings. The maximum atomic E-state index is 12.7. The van der Waals surface area contributed by atoms with Crippen molar-refractivity contribution in [2.75, 3.05) is 5.32 Å². The number of pyridine rings is 1. The lowest BCUT2D eigenvalue weighted by molar-refractivity contribution is 0.102. The van der Waals surface area contributed by atoms with Crippen LogP contribution in [0.15, 0.2) is 85.2 Å². The monoisotopic (exact) mass is 406 g/mol. The van der Waals surface area contributed by atoms with Crippen molar-refractivity contribution in [2.45, 2.75) is 19.9 Å². The second kappa shape index (κ2) is 9.10. The highest BCUT2D eigenvalue weighted by Gasteiger charge is 2.10. The first-order chi connectivity index (χ1) is 15.1. The number of nitrogens with zero attached hydrogens (tertiary/aromatic N) is 3. The third kappa shape index (κ3) is 4.88. The molecule has 0 saturated carbocycles. The fourth-order valence-corrected chi connectivity index (χ4v) is 3.19. The minimum absolute atomic E-state index is 0.179. The maximum Gasteiger partial charge on any atom is 0.255 e. The molecular weight excluding hydrogens is 384 g/mol. The van der Waals surface area contributed by atoms with E-state index in [0.717, 1.165) is 22.5 Å². The molecule has 1 amide bonds. The van der Waals surface area contributed by atoms with E-state index in [9.17, 15) is 4.79 Å². The predicted octanol–water partition coefficient (Wildman–Crippen LogP) is 5.18. The van der Waals surface area contributed by atoms with Gasteiger partial charge in [0, 0.05) is 35.2 Å². The van der Waals surface area contributed by atoms with E-state index in [1.807, 2.05) is 65.3 Å². The Bertz CT molecular complexity index is 1250. The number of hydrogen-bond donors (Lipinski definition) is 1. The van der Waals surface area contributed by atoms with E-state index in [4.69, 9.17) is 0 Å². The lowest BCUT2D eigenvalue weighted by Gasteiger charge is -2.12. The molecule has 5 heteroatoms. The molecule has 0 unspecified atom stereocenters. The minimum Gasteiger partial charge on any atom is -0.322 e. The van der Waals surface area contributed by atoms with Gasteiger partial charge in [0.2, 0.25) is 0 Å². The number of carbonyl (C=O) groups excluding carboxylic acids is 1. The van der Waals surface area contributed by atoms with Crippen LogP contribution in [0.2, 0.25) is 0 Å². The summed E-state index contributed by atoms with van der Waals surface area (Å²) >= 11 is 0. The fraction of sp³-hybridized carbons (Fsp3) is 0.115. The van der Waals surface area contributed by atoms with Crippen LogP contribution in [0, 0.1) is 11.8 Å². The van der Waals surface area contributed by atoms with Crippen molar-refractivity contribution in [3.8, 4) is 23.1 Å². The van der Waals surface area contributed by atoms with E-state index < -0.39 is 0 Å². The quantitative estimate of drug-likeness (QED) is 0.475. The van der Waals surface area contributed by atoms with Gasteiger partial charge in [-0.05, 0) is 73.9 Å². The van der Waals surface area contributed by atoms with Crippen molar-refractivity contribution in [3.63, 3.8) is 0 Å². The molecule has 4 rings (SSSR count). The average molecular weight is 406 g/mol. The second-order valence-corrected chi connectivity index (χ2v) is 7.33. The summed E-state index contributed by atoms with van der Waals surface area (Å²) in [4.78, 5) is 16.9. The summed E-state index contributed by atoms with van der Waals surface area (Å²) in [6.45, 7) is 4.19. The summed E-state index contributed by atoms with van der Waals surface area (Å²) in [5, 5.41) is 7.32. The van der Waals surface area contributed by atoms with Gasteiger partial charge in [0.1, 0.15) is 5.69 Å². The molecule has 0 aliphatic heterocycles. The summed E-state index contributed by atoms with van der Waals surface area (Å²) < 4.78 is 1.98. The Labute approximate surface area is 181 Å². The number of rotatable bonds is 4. The molecule has 0 fully saturated rings. The number of aromatic nitrogens is 3. The summed E-state index contributed by atoms with van der Waals surface area (Å²) in [6, 6.07) is 22.9. The predicted molar refractivity (Wildman–Crippen MR) is 123 cm³/mol. The van der Waals surface area contributed by atoms with Gasteiger partial charge in [0.15, 0.2) is 0 Å². The molecule has 2 heterocycles. The van der Waals surface area contributed by atoms with Crippen molar-refractivity contribution >= 4 is 11.6 Å². The highest BCUT2D eigenvalue weighted by molar-refractivity contribution is 6.04. The third-order valence-electron chi connectivity index (χ3n) is 4.72. The first-order valence-corrected chi connectivity index (χ1v) is 10.1. The van der Waals surface area contributed by atoms with Crippen molar-refractivity contribution in [1.29, 1.82) is 0 Å². The van der Waals surface area contributed by atoms with Crippen LogP contribution in [-0.4, -0.2) is 20.7 Å². The van der Waals surface area contributed by atoms with Crippen molar-refractivity contribution in [3.05, 3.63) is 102 Å². The van der Waals surface area contributed by atoms with Gasteiger partial charge < -0.3 is 5.32 Å². The van der Waals surface area contributed by atoms with E-state index >= 15 is 0 Å². The Morgan fingerprint density at radius 1 is 0.935 bits per heavy atom. The minimum atomic E-state index is -0.179. The first kappa shape index (κ1) is 20.1. The molecule has 2 aromatic carbocycles. The molecule has 31 heavy (non-hydrogen) atoms. The van der Waals surface area contributed by atoms with Crippen LogP contribution in [0.1, 0.15) is 41.5 Å². The molecule has 5 nitrogen and oxygen atoms in total. The fourth-order valence-electron chi connectivity index (χ4n) is 3.19. The average Bonchev–Trinajstić information content (AvgIpc) is 3.29. The van der Waals surface area contributed by atoms with Crippen LogP contribution in [-0.2, 0) is 0 Å². The molecule has 0 radical (unpaired) electrons. The normalized spacial score (nSPS) is 10.4. The molecule has 0 saturated heterocycles. The zero-order valence-electron chi connectivity index (χ0n) is 17.4. The Morgan fingerprint density at radius 2 is 1.77 bits per heavy atom. The van der Waals surface area contributed by atoms with Gasteiger partial charge in [0.25, 0.3) is 5.91 Å². The Kier molecular flexibility index (Phi) is 5.91. The lowest BCUT2D eigenvalue weighted by Crippen LogP contribution is -2.12. The molecule has 152 valence electrons. The zero-order chi connectivity index (χ0) is 21.6. The van der Waals surface area contributed by atoms with E-state index in [-0.39, 0.29) is 11.9 Å². The molecular formula is C26H22N4O. The second-order valence-electron chi connectivity index (χ2n) is 7.33. The van der Waals surface area contributed by atoms with E-state index in [1.54, 1.807) is 24.5 Å². The number of amides is 1. The molecule has 0 aliphatic carbocycles. The molecule has 2 aromatic heterocycles. The number of anilines is 1. The van der Waals surface area contributed by atoms with Gasteiger partial charge >= 0.3 is 0 Å². The summed E-state index contributed by atoms with van der Waals surface area (Å²) in [5.74, 6) is 5.89. The van der Waals surface area contributed by atoms with Crippen LogP contribution < -0.4 is 5.32 Å². The van der Waals surface area contributed by atoms with Crippen LogP contribution in [0.25, 0.3) is 11.3 Å². The van der Waals surface area contributed by atoms with Gasteiger partial charge in [-0.15, -0.1) is 0 Å². The zero-order valence-corrected chi connectivity index (χ0v) is 17.4. The van der Waals surface area contributed by atoms with Gasteiger partial charge in [-0.1, -0.05) is 30.2 Å². The highest BCUT2D eigenvalue weighted by atomic mass is 16.1. The molecule has 0 bridgehead atoms. The highest BCUT2D eigenvalue weighted by Crippen LogP contribution is 2.24. The molecule has 0 aliphatic rings. The third-order valence-corrected chi connectivity index (χ3v) is 4.72. The summed E-state index contributed by atoms with van der Waals surface area (Å²) in [6.07, 6.45) is 3.50. The number of carbonyl (C=O) groups is 1. The smallest absolute Gasteiger partial charge is 0.255 e. The Balaban J connectivity index is 1.47. The van der Waals surface area contributed by atoms with Crippen LogP contribution >= 0.6 is 0 Å². The van der Waals surface area contributed by atoms with Crippen LogP contribution in [0.3, 0.4) is 0 Å². The number of hydrogen-bond acceptors (Lipinski definition) is 3. The van der Waals surface area contributed by atoms with E-state index in [0.29, 0.717) is 11.3 Å². The van der Waals surface area contributed by atoms with Crippen molar-refractivity contribution in [2.24, 2.45) is 0 Å². The van der Waals surface area contributed by atoms with Gasteiger partial charge in [-0.3, -0.25) is 9.48 Å². The van der Waals surface area contributed by atoms with Gasteiger partial charge in [-0.2, -0.15) is 5.10 Å². The largest absolute Gasteiger partial charge is 0.322 e. The van der Waals surface area contributed by atoms with E-state index in [1.165, 1.54) is 0 Å². The van der Waals surface area contributed by atoms with Gasteiger partial charge in [-0.25, -0.2) is 4.98 Å². The van der Waals surface area contributed by atoms with Crippen LogP contribution in [0.4, 0.5) is 5.69 Å². The van der Waals surface area contributed by atoms with E-state index in [2.05, 4.69) is 41.1 Å². The lowest BCUT2D eigenvalue weighted by atomic mass is 10.1. The van der Waals surface area contributed by atoms with Crippen molar-refractivity contribution < 1.29 is 4.79 Å². The van der Waals surface area contributed by atoms with Gasteiger partial charge in [0.05, 0.1) is 5.69 Å². The molecule has 0 spiro atoms. The molecule has 1 N–H and O–H groups in total. The topological polar surface area (TPSA) is 59.8 Å². The number of nitrogens with one attached hydrogen (secondary N) is 1. The SMILES string of the molecule is CC(C)n1nccc1-c1ccc(NC(=O)c2cccc(C#Cc3ccccn3)c2)cc1.